The zero-order valence-electron chi connectivity index (χ0n) is 20.8. The molecule has 3 aromatic rings. The second kappa shape index (κ2) is 10.9. The van der Waals surface area contributed by atoms with Gasteiger partial charge in [-0.1, -0.05) is 6.92 Å². The van der Waals surface area contributed by atoms with E-state index in [0.717, 1.165) is 22.0 Å². The second-order valence-corrected chi connectivity index (χ2v) is 11.2. The summed E-state index contributed by atoms with van der Waals surface area (Å²) in [6.07, 6.45) is 4.20. The molecule has 0 saturated carbocycles. The lowest BCUT2D eigenvalue weighted by atomic mass is 9.99. The monoisotopic (exact) mass is 528 g/mol. The van der Waals surface area contributed by atoms with Gasteiger partial charge in [0.2, 0.25) is 15.9 Å². The van der Waals surface area contributed by atoms with Gasteiger partial charge in [-0.05, 0) is 55.0 Å². The van der Waals surface area contributed by atoms with Crippen molar-refractivity contribution in [2.75, 3.05) is 26.7 Å². The molecule has 0 spiro atoms. The number of ether oxygens (including phenoxy) is 1. The van der Waals surface area contributed by atoms with Crippen molar-refractivity contribution in [3.8, 4) is 17.0 Å². The summed E-state index contributed by atoms with van der Waals surface area (Å²) in [5.41, 5.74) is 1.73. The molecule has 3 atom stereocenters. The summed E-state index contributed by atoms with van der Waals surface area (Å²) in [6, 6.07) is 9.41. The molecule has 0 fully saturated rings. The van der Waals surface area contributed by atoms with E-state index in [1.807, 2.05) is 6.92 Å². The highest BCUT2D eigenvalue weighted by molar-refractivity contribution is 7.89. The van der Waals surface area contributed by atoms with Crippen molar-refractivity contribution in [1.29, 1.82) is 0 Å². The molecule has 1 aromatic carbocycles. The van der Waals surface area contributed by atoms with Gasteiger partial charge in [0, 0.05) is 43.7 Å². The van der Waals surface area contributed by atoms with Crippen molar-refractivity contribution >= 4 is 15.9 Å². The van der Waals surface area contributed by atoms with Crippen LogP contribution in [0.1, 0.15) is 24.2 Å². The SMILES string of the molecule is C[C@@H]1CN([C@@H](C)CO)C(=O)c2cc(-c3ccncc3)cnc2O[C@H]1CN(C)S(=O)(=O)c1ccc(F)cc1. The van der Waals surface area contributed by atoms with Crippen molar-refractivity contribution in [3.05, 3.63) is 72.4 Å². The predicted octanol–water partition coefficient (Wildman–Crippen LogP) is 2.82. The normalized spacial score (nSPS) is 19.1. The molecule has 37 heavy (non-hydrogen) atoms. The van der Waals surface area contributed by atoms with E-state index in [9.17, 15) is 22.7 Å². The van der Waals surface area contributed by atoms with Crippen molar-refractivity contribution in [2.24, 2.45) is 5.92 Å². The molecular formula is C26H29FN4O5S. The average molecular weight is 529 g/mol. The van der Waals surface area contributed by atoms with Crippen LogP contribution in [0, 0.1) is 11.7 Å². The van der Waals surface area contributed by atoms with E-state index < -0.39 is 28.0 Å². The molecule has 0 radical (unpaired) electrons. The lowest BCUT2D eigenvalue weighted by molar-refractivity contribution is 0.0373. The summed E-state index contributed by atoms with van der Waals surface area (Å²) in [7, 11) is -2.50. The van der Waals surface area contributed by atoms with E-state index >= 15 is 0 Å². The highest BCUT2D eigenvalue weighted by Crippen LogP contribution is 2.30. The second-order valence-electron chi connectivity index (χ2n) is 9.17. The van der Waals surface area contributed by atoms with Gasteiger partial charge in [-0.3, -0.25) is 9.78 Å². The number of aliphatic hydroxyl groups is 1. The molecule has 1 N–H and O–H groups in total. The first-order valence-electron chi connectivity index (χ1n) is 11.8. The van der Waals surface area contributed by atoms with E-state index in [1.165, 1.54) is 19.2 Å². The Kier molecular flexibility index (Phi) is 7.86. The van der Waals surface area contributed by atoms with Crippen LogP contribution in [0.2, 0.25) is 0 Å². The molecule has 0 unspecified atom stereocenters. The molecule has 0 aliphatic carbocycles. The quantitative estimate of drug-likeness (QED) is 0.502. The van der Waals surface area contributed by atoms with Crippen molar-refractivity contribution < 1.29 is 27.4 Å². The van der Waals surface area contributed by atoms with Gasteiger partial charge in [-0.25, -0.2) is 17.8 Å². The first-order valence-corrected chi connectivity index (χ1v) is 13.3. The Morgan fingerprint density at radius 1 is 1.19 bits per heavy atom. The smallest absolute Gasteiger partial charge is 0.259 e. The third-order valence-corrected chi connectivity index (χ3v) is 8.33. The molecule has 1 aliphatic heterocycles. The van der Waals surface area contributed by atoms with Crippen LogP contribution in [-0.4, -0.2) is 77.5 Å². The number of carbonyl (C=O) groups excluding carboxylic acids is 1. The zero-order chi connectivity index (χ0) is 26.7. The minimum atomic E-state index is -3.93. The molecule has 1 amide bonds. The first kappa shape index (κ1) is 26.6. The highest BCUT2D eigenvalue weighted by Gasteiger charge is 2.36. The fourth-order valence-corrected chi connectivity index (χ4v) is 5.34. The van der Waals surface area contributed by atoms with Crippen LogP contribution in [0.5, 0.6) is 5.88 Å². The number of hydrogen-bond donors (Lipinski definition) is 1. The van der Waals surface area contributed by atoms with Gasteiger partial charge in [-0.2, -0.15) is 4.31 Å². The fourth-order valence-electron chi connectivity index (χ4n) is 4.16. The average Bonchev–Trinajstić information content (AvgIpc) is 2.90. The molecule has 196 valence electrons. The number of amides is 1. The van der Waals surface area contributed by atoms with Crippen molar-refractivity contribution in [3.63, 3.8) is 0 Å². The minimum absolute atomic E-state index is 0.0381. The van der Waals surface area contributed by atoms with E-state index in [-0.39, 0.29) is 47.9 Å². The molecule has 9 nitrogen and oxygen atoms in total. The summed E-state index contributed by atoms with van der Waals surface area (Å²) in [5, 5.41) is 9.84. The minimum Gasteiger partial charge on any atom is -0.472 e. The Morgan fingerprint density at radius 3 is 2.51 bits per heavy atom. The number of rotatable bonds is 7. The molecule has 11 heteroatoms. The number of fused-ring (bicyclic) bond motifs is 1. The van der Waals surface area contributed by atoms with Crippen LogP contribution < -0.4 is 4.74 Å². The molecule has 3 heterocycles. The number of halogens is 1. The number of carbonyl (C=O) groups is 1. The van der Waals surface area contributed by atoms with Gasteiger partial charge in [0.25, 0.3) is 5.91 Å². The van der Waals surface area contributed by atoms with Gasteiger partial charge in [0.15, 0.2) is 0 Å². The standard InChI is InChI=1S/C26H29FN4O5S/c1-17-14-31(18(2)16-32)26(33)23-12-20(19-8-10-28-11-9-19)13-29-25(23)36-24(17)15-30(3)37(34,35)22-6-4-21(27)5-7-22/h4-13,17-18,24,32H,14-16H2,1-3H3/t17-,18+,24+/m1/s1. The number of hydrogen-bond acceptors (Lipinski definition) is 7. The number of sulfonamides is 1. The summed E-state index contributed by atoms with van der Waals surface area (Å²) < 4.78 is 46.9. The van der Waals surface area contributed by atoms with Crippen LogP contribution >= 0.6 is 0 Å². The van der Waals surface area contributed by atoms with Crippen LogP contribution in [-0.2, 0) is 10.0 Å². The number of nitrogens with zero attached hydrogens (tertiary/aromatic N) is 4. The lowest BCUT2D eigenvalue weighted by Gasteiger charge is -2.37. The number of pyridine rings is 2. The van der Waals surface area contributed by atoms with Crippen molar-refractivity contribution in [1.82, 2.24) is 19.2 Å². The number of aliphatic hydroxyl groups excluding tert-OH is 1. The Hall–Kier alpha value is -3.41. The summed E-state index contributed by atoms with van der Waals surface area (Å²) in [4.78, 5) is 23.5. The Bertz CT molecular complexity index is 1360. The van der Waals surface area contributed by atoms with Gasteiger partial charge < -0.3 is 14.7 Å². The first-order chi connectivity index (χ1) is 17.6. The predicted molar refractivity (Wildman–Crippen MR) is 135 cm³/mol. The topological polar surface area (TPSA) is 113 Å². The van der Waals surface area contributed by atoms with Gasteiger partial charge in [0.1, 0.15) is 17.5 Å². The van der Waals surface area contributed by atoms with E-state index in [1.54, 1.807) is 48.6 Å². The Balaban J connectivity index is 1.70. The maximum Gasteiger partial charge on any atom is 0.259 e. The van der Waals surface area contributed by atoms with E-state index in [4.69, 9.17) is 4.74 Å². The Morgan fingerprint density at radius 2 is 1.86 bits per heavy atom. The maximum absolute atomic E-state index is 13.6. The Labute approximate surface area is 215 Å². The van der Waals surface area contributed by atoms with Gasteiger partial charge >= 0.3 is 0 Å². The summed E-state index contributed by atoms with van der Waals surface area (Å²) >= 11 is 0. The van der Waals surface area contributed by atoms with E-state index in [2.05, 4.69) is 9.97 Å². The van der Waals surface area contributed by atoms with Crippen LogP contribution in [0.3, 0.4) is 0 Å². The van der Waals surface area contributed by atoms with Gasteiger partial charge in [0.05, 0.1) is 24.1 Å². The zero-order valence-corrected chi connectivity index (χ0v) is 21.6. The third kappa shape index (κ3) is 5.63. The fraction of sp³-hybridized carbons (Fsp3) is 0.346. The third-order valence-electron chi connectivity index (χ3n) is 6.49. The van der Waals surface area contributed by atoms with E-state index in [0.29, 0.717) is 5.56 Å². The number of aromatic nitrogens is 2. The molecule has 0 bridgehead atoms. The number of benzene rings is 1. The van der Waals surface area contributed by atoms with Crippen LogP contribution in [0.25, 0.3) is 11.1 Å². The van der Waals surface area contributed by atoms with Crippen molar-refractivity contribution in [2.45, 2.75) is 30.9 Å². The molecule has 0 saturated heterocycles. The van der Waals surface area contributed by atoms with Gasteiger partial charge in [-0.15, -0.1) is 0 Å². The largest absolute Gasteiger partial charge is 0.472 e. The lowest BCUT2D eigenvalue weighted by Crippen LogP contribution is -2.50. The molecule has 1 aliphatic rings. The number of likely N-dealkylation sites (N-methyl/N-ethyl adjacent to an activating group) is 1. The van der Waals surface area contributed by atoms with Crippen LogP contribution in [0.15, 0.2) is 66.0 Å². The summed E-state index contributed by atoms with van der Waals surface area (Å²) in [5.74, 6) is -1.09. The van der Waals surface area contributed by atoms with Crippen LogP contribution in [0.4, 0.5) is 4.39 Å². The molecule has 4 rings (SSSR count). The maximum atomic E-state index is 13.6. The molecular weight excluding hydrogens is 499 g/mol. The summed E-state index contributed by atoms with van der Waals surface area (Å²) in [6.45, 7) is 3.55. The highest BCUT2D eigenvalue weighted by atomic mass is 32.2. The molecule has 2 aromatic heterocycles.